The first-order chi connectivity index (χ1) is 35.7. The predicted octanol–water partition coefficient (Wildman–Crippen LogP) is 21.2. The summed E-state index contributed by atoms with van der Waals surface area (Å²) in [6.07, 6.45) is 38.1. The standard InChI is InChI=1S/C68H86N4/c1-3-5-7-9-11-13-15-17-19-21-23-25-27-37-47-71-65-49-61-53-39-29-31-41-55(53)63(69-61)51-67-59-45-35-36-46-60(59)68(72(67)48-38-28-26-24-22-20-18-16-14-12-10-8-6-4-2)52-64-56-42-32-30-40-54(56)62(70-64)50-66(71)58-44-34-33-43-57(58)65/h29-36,39-46,49-52H,3-28,37-38,47-48H2,1-2H3. The number of benzene rings is 4. The summed E-state index contributed by atoms with van der Waals surface area (Å²) in [7, 11) is 0. The maximum absolute atomic E-state index is 5.61. The Balaban J connectivity index is 1.03. The van der Waals surface area contributed by atoms with Crippen LogP contribution in [0.3, 0.4) is 0 Å². The van der Waals surface area contributed by atoms with Gasteiger partial charge in [-0.2, -0.15) is 0 Å². The van der Waals surface area contributed by atoms with E-state index < -0.39 is 0 Å². The fraction of sp³-hybridized carbons (Fsp3) is 0.471. The molecular weight excluding hydrogens is 873 g/mol. The van der Waals surface area contributed by atoms with E-state index >= 15 is 0 Å². The molecule has 378 valence electrons. The summed E-state index contributed by atoms with van der Waals surface area (Å²) >= 11 is 0. The van der Waals surface area contributed by atoms with Gasteiger partial charge in [-0.15, -0.1) is 0 Å². The normalized spacial score (nSPS) is 12.0. The highest BCUT2D eigenvalue weighted by Crippen LogP contribution is 2.42. The van der Waals surface area contributed by atoms with Gasteiger partial charge in [0.2, 0.25) is 0 Å². The van der Waals surface area contributed by atoms with Crippen LogP contribution in [0.1, 0.15) is 194 Å². The molecule has 0 amide bonds. The molecule has 0 saturated heterocycles. The number of rotatable bonds is 30. The summed E-state index contributed by atoms with van der Waals surface area (Å²) < 4.78 is 5.22. The van der Waals surface area contributed by atoms with E-state index in [1.54, 1.807) is 0 Å². The zero-order valence-electron chi connectivity index (χ0n) is 44.5. The maximum Gasteiger partial charge on any atom is 0.0737 e. The molecule has 0 unspecified atom stereocenters. The first-order valence-corrected chi connectivity index (χ1v) is 29.5. The minimum Gasteiger partial charge on any atom is -0.340 e. The molecule has 4 heteroatoms. The summed E-state index contributed by atoms with van der Waals surface area (Å²) in [4.78, 5) is 11.2. The topological polar surface area (TPSA) is 35.6 Å². The lowest BCUT2D eigenvalue weighted by molar-refractivity contribution is 0.528. The highest BCUT2D eigenvalue weighted by atomic mass is 15.0. The van der Waals surface area contributed by atoms with E-state index in [0.29, 0.717) is 0 Å². The van der Waals surface area contributed by atoms with Crippen LogP contribution in [0, 0.1) is 0 Å². The number of aryl methyl sites for hydroxylation is 2. The van der Waals surface area contributed by atoms with Crippen LogP contribution in [0.25, 0.3) is 88.6 Å². The Morgan fingerprint density at radius 3 is 0.708 bits per heavy atom. The molecular formula is C68H86N4. The smallest absolute Gasteiger partial charge is 0.0737 e. The molecule has 0 spiro atoms. The maximum atomic E-state index is 5.61. The van der Waals surface area contributed by atoms with Crippen molar-refractivity contribution < 1.29 is 0 Å². The number of nitrogens with zero attached hydrogens (tertiary/aromatic N) is 4. The van der Waals surface area contributed by atoms with Crippen LogP contribution in [-0.4, -0.2) is 19.1 Å². The first-order valence-electron chi connectivity index (χ1n) is 29.5. The van der Waals surface area contributed by atoms with Crippen LogP contribution in [0.2, 0.25) is 0 Å². The Hall–Kier alpha value is -5.48. The monoisotopic (exact) mass is 959 g/mol. The number of aromatic nitrogens is 4. The molecule has 3 aromatic heterocycles. The Morgan fingerprint density at radius 1 is 0.264 bits per heavy atom. The van der Waals surface area contributed by atoms with Gasteiger partial charge in [-0.25, -0.2) is 9.97 Å². The lowest BCUT2D eigenvalue weighted by atomic mass is 10.0. The Morgan fingerprint density at radius 2 is 0.472 bits per heavy atom. The van der Waals surface area contributed by atoms with Crippen molar-refractivity contribution in [1.82, 2.24) is 19.1 Å². The average molecular weight is 959 g/mol. The number of unbranched alkanes of at least 4 members (excludes halogenated alkanes) is 26. The van der Waals surface area contributed by atoms with Gasteiger partial charge in [-0.1, -0.05) is 278 Å². The Labute approximate surface area is 433 Å². The van der Waals surface area contributed by atoms with Crippen molar-refractivity contribution in [3.05, 3.63) is 121 Å². The highest BCUT2D eigenvalue weighted by molar-refractivity contribution is 6.11. The molecule has 0 radical (unpaired) electrons. The first kappa shape index (κ1) is 51.4. The van der Waals surface area contributed by atoms with E-state index in [-0.39, 0.29) is 0 Å². The molecule has 4 aromatic carbocycles. The summed E-state index contributed by atoms with van der Waals surface area (Å²) in [5.41, 5.74) is 14.0. The number of fused-ring (bicyclic) bond motifs is 20. The van der Waals surface area contributed by atoms with E-state index in [1.165, 1.54) is 233 Å². The Kier molecular flexibility index (Phi) is 19.3. The summed E-state index contributed by atoms with van der Waals surface area (Å²) in [5, 5.41) is 5.10. The molecule has 8 bridgehead atoms. The molecule has 0 N–H and O–H groups in total. The van der Waals surface area contributed by atoms with Gasteiger partial charge in [0, 0.05) is 56.9 Å². The molecule has 0 saturated carbocycles. The fourth-order valence-corrected chi connectivity index (χ4v) is 12.1. The quantitative estimate of drug-likeness (QED) is 0.0421. The molecule has 2 aliphatic rings. The van der Waals surface area contributed by atoms with Crippen molar-refractivity contribution >= 4 is 43.6 Å². The van der Waals surface area contributed by atoms with E-state index in [1.807, 2.05) is 0 Å². The molecule has 0 aliphatic carbocycles. The van der Waals surface area contributed by atoms with Crippen LogP contribution in [0.15, 0.2) is 121 Å². The summed E-state index contributed by atoms with van der Waals surface area (Å²) in [6, 6.07) is 45.6. The molecule has 0 fully saturated rings. The van der Waals surface area contributed by atoms with Crippen molar-refractivity contribution in [2.75, 3.05) is 0 Å². The lowest BCUT2D eigenvalue weighted by Gasteiger charge is -2.08. The minimum atomic E-state index is 0.957. The van der Waals surface area contributed by atoms with Gasteiger partial charge in [0.1, 0.15) is 0 Å². The zero-order valence-corrected chi connectivity index (χ0v) is 44.5. The second-order valence-electron chi connectivity index (χ2n) is 21.6. The minimum absolute atomic E-state index is 0.957. The van der Waals surface area contributed by atoms with Crippen LogP contribution < -0.4 is 0 Å². The summed E-state index contributed by atoms with van der Waals surface area (Å²) in [5.74, 6) is 0. The van der Waals surface area contributed by atoms with Gasteiger partial charge in [-0.3, -0.25) is 0 Å². The third-order valence-electron chi connectivity index (χ3n) is 16.1. The van der Waals surface area contributed by atoms with Crippen molar-refractivity contribution in [3.8, 4) is 45.0 Å². The highest BCUT2D eigenvalue weighted by Gasteiger charge is 2.22. The van der Waals surface area contributed by atoms with Gasteiger partial charge >= 0.3 is 0 Å². The third-order valence-corrected chi connectivity index (χ3v) is 16.1. The molecule has 72 heavy (non-hydrogen) atoms. The molecule has 2 aliphatic heterocycles. The molecule has 4 nitrogen and oxygen atoms in total. The van der Waals surface area contributed by atoms with E-state index in [2.05, 4.69) is 144 Å². The van der Waals surface area contributed by atoms with Crippen LogP contribution in [-0.2, 0) is 13.1 Å². The van der Waals surface area contributed by atoms with Gasteiger partial charge in [0.05, 0.1) is 44.8 Å². The molecule has 0 atom stereocenters. The SMILES string of the molecule is CCCCCCCCCCCCCCCCn1c2cc3nc(cc4c5ccccc5c(cc5nc(cc1c1ccccc12)-c1ccccc1-5)n4CCCCCCCCCCCCCCCC)-c1ccccc1-3. The average Bonchev–Trinajstić information content (AvgIpc) is 4.12. The van der Waals surface area contributed by atoms with Gasteiger partial charge < -0.3 is 9.13 Å². The van der Waals surface area contributed by atoms with Crippen molar-refractivity contribution in [3.63, 3.8) is 0 Å². The van der Waals surface area contributed by atoms with Crippen LogP contribution in [0.4, 0.5) is 0 Å². The number of hydrogen-bond acceptors (Lipinski definition) is 2. The van der Waals surface area contributed by atoms with Crippen LogP contribution >= 0.6 is 0 Å². The Bertz CT molecular complexity index is 2620. The van der Waals surface area contributed by atoms with Crippen molar-refractivity contribution in [2.24, 2.45) is 0 Å². The lowest BCUT2D eigenvalue weighted by Crippen LogP contribution is -1.98. The van der Waals surface area contributed by atoms with Crippen molar-refractivity contribution in [2.45, 2.75) is 207 Å². The second kappa shape index (κ2) is 27.0. The predicted molar refractivity (Wildman–Crippen MR) is 313 cm³/mol. The third kappa shape index (κ3) is 12.8. The molecule has 7 aromatic rings. The molecule has 9 rings (SSSR count). The van der Waals surface area contributed by atoms with Crippen LogP contribution in [0.5, 0.6) is 0 Å². The zero-order chi connectivity index (χ0) is 49.2. The number of hydrogen-bond donors (Lipinski definition) is 0. The largest absolute Gasteiger partial charge is 0.340 e. The van der Waals surface area contributed by atoms with Crippen molar-refractivity contribution in [1.29, 1.82) is 0 Å². The fourth-order valence-electron chi connectivity index (χ4n) is 12.1. The van der Waals surface area contributed by atoms with E-state index in [0.717, 1.165) is 48.7 Å². The summed E-state index contributed by atoms with van der Waals surface area (Å²) in [6.45, 7) is 6.53. The van der Waals surface area contributed by atoms with Gasteiger partial charge in [0.15, 0.2) is 0 Å². The second-order valence-corrected chi connectivity index (χ2v) is 21.6. The molecule has 5 heterocycles. The van der Waals surface area contributed by atoms with E-state index in [4.69, 9.17) is 9.97 Å². The van der Waals surface area contributed by atoms with E-state index in [9.17, 15) is 0 Å². The van der Waals surface area contributed by atoms with Gasteiger partial charge in [-0.05, 0) is 37.1 Å². The van der Waals surface area contributed by atoms with Gasteiger partial charge in [0.25, 0.3) is 0 Å².